The number of carboxylic acids is 1. The van der Waals surface area contributed by atoms with E-state index in [-0.39, 0.29) is 23.7 Å². The number of aromatic nitrogens is 2. The highest BCUT2D eigenvalue weighted by molar-refractivity contribution is 5.90. The summed E-state index contributed by atoms with van der Waals surface area (Å²) in [6.45, 7) is 7.92. The van der Waals surface area contributed by atoms with Crippen molar-refractivity contribution in [1.82, 2.24) is 14.9 Å². The van der Waals surface area contributed by atoms with Crippen LogP contribution in [-0.4, -0.2) is 84.0 Å². The molecule has 0 aliphatic carbocycles. The van der Waals surface area contributed by atoms with E-state index in [1.165, 1.54) is 13.3 Å². The van der Waals surface area contributed by atoms with E-state index >= 15 is 0 Å². The molecule has 3 rings (SSSR count). The number of anilines is 2. The van der Waals surface area contributed by atoms with E-state index in [0.717, 1.165) is 17.0 Å². The molecule has 1 aliphatic rings. The molecule has 1 fully saturated rings. The Morgan fingerprint density at radius 2 is 1.79 bits per heavy atom. The molecule has 0 saturated carbocycles. The quantitative estimate of drug-likeness (QED) is 0.545. The number of amides is 2. The minimum Gasteiger partial charge on any atom is -0.497 e. The van der Waals surface area contributed by atoms with Gasteiger partial charge in [0.05, 0.1) is 32.7 Å². The number of aliphatic carboxylic acids is 1. The number of urea groups is 1. The molecule has 1 unspecified atom stereocenters. The molecule has 38 heavy (non-hydrogen) atoms. The smallest absolute Gasteiger partial charge is 0.490 e. The average molecular weight is 542 g/mol. The van der Waals surface area contributed by atoms with Crippen LogP contribution in [0.2, 0.25) is 0 Å². The van der Waals surface area contributed by atoms with Crippen molar-refractivity contribution in [1.29, 1.82) is 0 Å². The molecule has 1 aromatic heterocycles. The number of rotatable bonds is 5. The summed E-state index contributed by atoms with van der Waals surface area (Å²) in [5, 5.41) is 10.2. The zero-order chi connectivity index (χ0) is 28.6. The molecule has 0 radical (unpaired) electrons. The second kappa shape index (κ2) is 12.9. The fourth-order valence-corrected chi connectivity index (χ4v) is 3.63. The fourth-order valence-electron chi connectivity index (χ4n) is 3.63. The summed E-state index contributed by atoms with van der Waals surface area (Å²) in [6, 6.07) is 5.44. The molecule has 1 aliphatic heterocycles. The largest absolute Gasteiger partial charge is 0.497 e. The molecule has 2 aromatic rings. The van der Waals surface area contributed by atoms with Crippen LogP contribution in [-0.2, 0) is 9.53 Å². The van der Waals surface area contributed by atoms with Gasteiger partial charge in [0.25, 0.3) is 0 Å². The van der Waals surface area contributed by atoms with Crippen molar-refractivity contribution < 1.29 is 42.1 Å². The van der Waals surface area contributed by atoms with Crippen molar-refractivity contribution >= 4 is 29.5 Å². The van der Waals surface area contributed by atoms with Gasteiger partial charge in [-0.15, -0.1) is 0 Å². The molecule has 1 aromatic carbocycles. The zero-order valence-electron chi connectivity index (χ0n) is 21.6. The molecule has 0 bridgehead atoms. The van der Waals surface area contributed by atoms with Gasteiger partial charge < -0.3 is 29.7 Å². The van der Waals surface area contributed by atoms with Crippen molar-refractivity contribution in [2.24, 2.45) is 5.92 Å². The summed E-state index contributed by atoms with van der Waals surface area (Å²) in [4.78, 5) is 46.0. The molecular formula is C24H30F3N5O6. The van der Waals surface area contributed by atoms with Gasteiger partial charge in [-0.25, -0.2) is 24.4 Å². The van der Waals surface area contributed by atoms with E-state index < -0.39 is 18.1 Å². The highest BCUT2D eigenvalue weighted by atomic mass is 19.4. The molecule has 0 spiro atoms. The third-order valence-corrected chi connectivity index (χ3v) is 5.72. The Morgan fingerprint density at radius 1 is 1.13 bits per heavy atom. The predicted molar refractivity (Wildman–Crippen MR) is 131 cm³/mol. The number of alkyl halides is 3. The topological polar surface area (TPSA) is 134 Å². The molecule has 1 saturated heterocycles. The first-order valence-electron chi connectivity index (χ1n) is 11.5. The number of hydrogen-bond acceptors (Lipinski definition) is 8. The first-order chi connectivity index (χ1) is 17.8. The Kier molecular flexibility index (Phi) is 10.2. The lowest BCUT2D eigenvalue weighted by Crippen LogP contribution is -2.58. The molecule has 1 atom stereocenters. The number of methoxy groups -OCH3 is 2. The number of carbonyl (C=O) groups is 3. The van der Waals surface area contributed by atoms with Gasteiger partial charge in [0, 0.05) is 25.3 Å². The number of carboxylic acid groups (broad SMARTS) is 1. The van der Waals surface area contributed by atoms with Crippen LogP contribution >= 0.6 is 0 Å². The summed E-state index contributed by atoms with van der Waals surface area (Å²) >= 11 is 0. The molecular weight excluding hydrogens is 511 g/mol. The molecule has 14 heteroatoms. The highest BCUT2D eigenvalue weighted by Gasteiger charge is 2.38. The molecule has 208 valence electrons. The third kappa shape index (κ3) is 7.95. The number of ether oxygens (including phenoxy) is 2. The Bertz CT molecular complexity index is 1130. The number of nitrogens with zero attached hydrogens (tertiary/aromatic N) is 4. The van der Waals surface area contributed by atoms with Crippen molar-refractivity contribution in [2.45, 2.75) is 33.0 Å². The maximum Gasteiger partial charge on any atom is 0.490 e. The second-order valence-corrected chi connectivity index (χ2v) is 8.62. The van der Waals surface area contributed by atoms with Crippen LogP contribution in [0.4, 0.5) is 29.5 Å². The summed E-state index contributed by atoms with van der Waals surface area (Å²) in [5.74, 6) is -1.61. The van der Waals surface area contributed by atoms with Crippen LogP contribution in [0.1, 0.15) is 29.9 Å². The number of piperazine rings is 1. The summed E-state index contributed by atoms with van der Waals surface area (Å²) in [5.41, 5.74) is 1.87. The normalized spacial score (nSPS) is 15.3. The number of hydrogen-bond donors (Lipinski definition) is 2. The Balaban J connectivity index is 0.000000638. The lowest BCUT2D eigenvalue weighted by atomic mass is 10.00. The average Bonchev–Trinajstić information content (AvgIpc) is 2.88. The van der Waals surface area contributed by atoms with E-state index in [1.54, 1.807) is 13.3 Å². The van der Waals surface area contributed by atoms with Crippen molar-refractivity contribution in [3.05, 3.63) is 41.9 Å². The van der Waals surface area contributed by atoms with Crippen LogP contribution < -0.4 is 15.0 Å². The van der Waals surface area contributed by atoms with Crippen LogP contribution in [0.5, 0.6) is 5.75 Å². The van der Waals surface area contributed by atoms with Crippen LogP contribution in [0.3, 0.4) is 0 Å². The number of nitrogens with one attached hydrogen (secondary N) is 1. The number of aryl methyl sites for hydroxylation is 1. The Hall–Kier alpha value is -4.10. The van der Waals surface area contributed by atoms with E-state index in [1.807, 2.05) is 30.0 Å². The number of carbonyl (C=O) groups excluding carboxylic acids is 2. The number of benzene rings is 1. The van der Waals surface area contributed by atoms with E-state index in [9.17, 15) is 22.8 Å². The predicted octanol–water partition coefficient (Wildman–Crippen LogP) is 3.59. The first kappa shape index (κ1) is 30.1. The second-order valence-electron chi connectivity index (χ2n) is 8.62. The Morgan fingerprint density at radius 3 is 2.26 bits per heavy atom. The number of esters is 1. The maximum atomic E-state index is 13.1. The van der Waals surface area contributed by atoms with Crippen molar-refractivity contribution in [3.8, 4) is 5.75 Å². The van der Waals surface area contributed by atoms with Gasteiger partial charge in [0.2, 0.25) is 0 Å². The minimum atomic E-state index is -5.08. The molecule has 2 heterocycles. The van der Waals surface area contributed by atoms with Gasteiger partial charge in [-0.3, -0.25) is 0 Å². The summed E-state index contributed by atoms with van der Waals surface area (Å²) in [6.07, 6.45) is -2.10. The van der Waals surface area contributed by atoms with Gasteiger partial charge in [-0.1, -0.05) is 13.8 Å². The highest BCUT2D eigenvalue weighted by Crippen LogP contribution is 2.25. The molecule has 11 nitrogen and oxygen atoms in total. The van der Waals surface area contributed by atoms with Crippen molar-refractivity contribution in [3.63, 3.8) is 0 Å². The first-order valence-corrected chi connectivity index (χ1v) is 11.5. The minimum absolute atomic E-state index is 0.00520. The lowest BCUT2D eigenvalue weighted by molar-refractivity contribution is -0.192. The summed E-state index contributed by atoms with van der Waals surface area (Å²) in [7, 11) is 2.93. The van der Waals surface area contributed by atoms with E-state index in [0.29, 0.717) is 25.5 Å². The van der Waals surface area contributed by atoms with Crippen LogP contribution in [0, 0.1) is 12.8 Å². The van der Waals surface area contributed by atoms with Gasteiger partial charge >= 0.3 is 24.1 Å². The third-order valence-electron chi connectivity index (χ3n) is 5.72. The molecule has 2 amide bonds. The SMILES string of the molecule is COC(=O)c1cnc(N2CCN(C(=O)Nc3ccc(OC)cc3C)C(C(C)C)C2)cn1.O=C(O)C(F)(F)F. The van der Waals surface area contributed by atoms with Gasteiger partial charge in [0.1, 0.15) is 11.6 Å². The van der Waals surface area contributed by atoms with Gasteiger partial charge in [-0.05, 0) is 36.6 Å². The van der Waals surface area contributed by atoms with E-state index in [2.05, 4.69) is 38.8 Å². The Labute approximate surface area is 217 Å². The van der Waals surface area contributed by atoms with Crippen molar-refractivity contribution in [2.75, 3.05) is 44.1 Å². The molecule has 2 N–H and O–H groups in total. The van der Waals surface area contributed by atoms with Gasteiger partial charge in [0.15, 0.2) is 5.69 Å². The van der Waals surface area contributed by atoms with Crippen LogP contribution in [0.25, 0.3) is 0 Å². The monoisotopic (exact) mass is 541 g/mol. The van der Waals surface area contributed by atoms with Crippen LogP contribution in [0.15, 0.2) is 30.6 Å². The lowest BCUT2D eigenvalue weighted by Gasteiger charge is -2.43. The maximum absolute atomic E-state index is 13.1. The van der Waals surface area contributed by atoms with E-state index in [4.69, 9.17) is 14.6 Å². The zero-order valence-corrected chi connectivity index (χ0v) is 21.6. The van der Waals surface area contributed by atoms with Gasteiger partial charge in [-0.2, -0.15) is 13.2 Å². The number of halogens is 3. The summed E-state index contributed by atoms with van der Waals surface area (Å²) < 4.78 is 41.6. The fraction of sp³-hybridized carbons (Fsp3) is 0.458. The standard InChI is InChI=1S/C22H29N5O4.C2HF3O2/c1-14(2)19-13-26(20-12-23-18(11-24-20)21(28)31-5)8-9-27(19)22(29)25-17-7-6-16(30-4)10-15(17)3;3-2(4,5)1(6)7/h6-7,10-12,14,19H,8-9,13H2,1-5H3,(H,25,29);(H,6,7).